The molecule has 1 aliphatic carbocycles. The molecule has 0 aromatic carbocycles. The summed E-state index contributed by atoms with van der Waals surface area (Å²) >= 11 is 1.71. The third kappa shape index (κ3) is 4.68. The van der Waals surface area contributed by atoms with Crippen molar-refractivity contribution in [1.29, 1.82) is 0 Å². The molecule has 1 saturated carbocycles. The third-order valence-corrected chi connectivity index (χ3v) is 4.93. The summed E-state index contributed by atoms with van der Waals surface area (Å²) < 4.78 is 0. The largest absolute Gasteiger partial charge is 0.391 e. The van der Waals surface area contributed by atoms with Crippen LogP contribution in [-0.4, -0.2) is 47.3 Å². The Labute approximate surface area is 130 Å². The number of carbonyl (C=O) groups excluding carboxylic acids is 1. The van der Waals surface area contributed by atoms with E-state index in [-0.39, 0.29) is 12.1 Å². The van der Waals surface area contributed by atoms with E-state index in [9.17, 15) is 9.90 Å². The Morgan fingerprint density at radius 1 is 1.57 bits per heavy atom. The first-order chi connectivity index (χ1) is 10.0. The Hall–Kier alpha value is -1.14. The molecular weight excluding hydrogens is 286 g/mol. The van der Waals surface area contributed by atoms with Crippen LogP contribution in [0.1, 0.15) is 35.3 Å². The number of nitrogens with zero attached hydrogens (tertiary/aromatic N) is 2. The van der Waals surface area contributed by atoms with E-state index in [2.05, 4.69) is 24.1 Å². The lowest BCUT2D eigenvalue weighted by atomic mass is 10.2. The first-order valence-corrected chi connectivity index (χ1v) is 8.45. The van der Waals surface area contributed by atoms with E-state index in [1.165, 1.54) is 4.88 Å². The molecule has 1 atom stereocenters. The highest BCUT2D eigenvalue weighted by molar-refractivity contribution is 7.11. The maximum absolute atomic E-state index is 11.9. The Kier molecular flexibility index (Phi) is 5.58. The lowest BCUT2D eigenvalue weighted by Gasteiger charge is -2.21. The molecule has 21 heavy (non-hydrogen) atoms. The van der Waals surface area contributed by atoms with Crippen molar-refractivity contribution in [2.75, 3.05) is 20.1 Å². The van der Waals surface area contributed by atoms with Crippen molar-refractivity contribution >= 4 is 17.4 Å². The molecule has 0 radical (unpaired) electrons. The molecule has 0 aliphatic heterocycles. The number of aromatic nitrogens is 1. The van der Waals surface area contributed by atoms with Crippen molar-refractivity contribution < 1.29 is 9.90 Å². The van der Waals surface area contributed by atoms with Gasteiger partial charge in [-0.05, 0) is 32.1 Å². The lowest BCUT2D eigenvalue weighted by Crippen LogP contribution is -2.42. The molecule has 2 N–H and O–H groups in total. The standard InChI is InChI=1S/C15H25N3O2S/c1-4-12-10(2)21-14(17-12)7-8-16-15(20)18(3)9-13(19)11-5-6-11/h11,13,19H,4-9H2,1-3H3,(H,16,20). The minimum absolute atomic E-state index is 0.126. The highest BCUT2D eigenvalue weighted by atomic mass is 32.1. The van der Waals surface area contributed by atoms with Crippen LogP contribution < -0.4 is 5.32 Å². The molecule has 0 saturated heterocycles. The molecule has 118 valence electrons. The van der Waals surface area contributed by atoms with E-state index in [0.717, 1.165) is 36.4 Å². The number of aliphatic hydroxyl groups excluding tert-OH is 1. The van der Waals surface area contributed by atoms with E-state index in [4.69, 9.17) is 0 Å². The number of hydrogen-bond donors (Lipinski definition) is 2. The lowest BCUT2D eigenvalue weighted by molar-refractivity contribution is 0.113. The van der Waals surface area contributed by atoms with Crippen LogP contribution in [0.5, 0.6) is 0 Å². The molecule has 6 heteroatoms. The van der Waals surface area contributed by atoms with E-state index < -0.39 is 0 Å². The van der Waals surface area contributed by atoms with Gasteiger partial charge in [0.05, 0.1) is 16.8 Å². The summed E-state index contributed by atoms with van der Waals surface area (Å²) in [7, 11) is 1.73. The average Bonchev–Trinajstić information content (AvgIpc) is 3.23. The molecule has 2 rings (SSSR count). The zero-order chi connectivity index (χ0) is 15.4. The highest BCUT2D eigenvalue weighted by Gasteiger charge is 2.31. The zero-order valence-corrected chi connectivity index (χ0v) is 13.9. The predicted octanol–water partition coefficient (Wildman–Crippen LogP) is 1.97. The molecule has 0 bridgehead atoms. The second-order valence-electron chi connectivity index (χ2n) is 5.73. The minimum atomic E-state index is -0.380. The molecule has 2 amide bonds. The van der Waals surface area contributed by atoms with Crippen molar-refractivity contribution in [2.24, 2.45) is 5.92 Å². The Morgan fingerprint density at radius 2 is 2.29 bits per heavy atom. The summed E-state index contributed by atoms with van der Waals surface area (Å²) in [5, 5.41) is 13.8. The first kappa shape index (κ1) is 16.2. The van der Waals surface area contributed by atoms with Gasteiger partial charge in [-0.25, -0.2) is 9.78 Å². The van der Waals surface area contributed by atoms with E-state index >= 15 is 0 Å². The zero-order valence-electron chi connectivity index (χ0n) is 13.1. The van der Waals surface area contributed by atoms with Gasteiger partial charge in [-0.1, -0.05) is 6.92 Å². The van der Waals surface area contributed by atoms with Crippen molar-refractivity contribution in [3.05, 3.63) is 15.6 Å². The van der Waals surface area contributed by atoms with Crippen LogP contribution in [0.25, 0.3) is 0 Å². The van der Waals surface area contributed by atoms with Gasteiger partial charge in [-0.15, -0.1) is 11.3 Å². The number of urea groups is 1. The van der Waals surface area contributed by atoms with Gasteiger partial charge in [0.15, 0.2) is 0 Å². The molecule has 1 aromatic heterocycles. The van der Waals surface area contributed by atoms with Crippen LogP contribution in [0.2, 0.25) is 0 Å². The van der Waals surface area contributed by atoms with Crippen LogP contribution in [0.15, 0.2) is 0 Å². The SMILES string of the molecule is CCc1nc(CCNC(=O)N(C)CC(O)C2CC2)sc1C. The summed E-state index contributed by atoms with van der Waals surface area (Å²) in [6.45, 7) is 5.19. The average molecular weight is 311 g/mol. The van der Waals surface area contributed by atoms with E-state index in [0.29, 0.717) is 19.0 Å². The summed E-state index contributed by atoms with van der Waals surface area (Å²) in [4.78, 5) is 19.3. The van der Waals surface area contributed by atoms with Gasteiger partial charge in [0.2, 0.25) is 0 Å². The fourth-order valence-electron chi connectivity index (χ4n) is 2.33. The number of hydrogen-bond acceptors (Lipinski definition) is 4. The quantitative estimate of drug-likeness (QED) is 0.809. The van der Waals surface area contributed by atoms with E-state index in [1.54, 1.807) is 23.3 Å². The number of aryl methyl sites for hydroxylation is 2. The van der Waals surface area contributed by atoms with Gasteiger partial charge in [0, 0.05) is 31.4 Å². The third-order valence-electron chi connectivity index (χ3n) is 3.86. The van der Waals surface area contributed by atoms with Crippen molar-refractivity contribution in [3.63, 3.8) is 0 Å². The topological polar surface area (TPSA) is 65.5 Å². The van der Waals surface area contributed by atoms with Gasteiger partial charge < -0.3 is 15.3 Å². The van der Waals surface area contributed by atoms with Crippen LogP contribution in [-0.2, 0) is 12.8 Å². The monoisotopic (exact) mass is 311 g/mol. The Morgan fingerprint density at radius 3 is 2.86 bits per heavy atom. The summed E-state index contributed by atoms with van der Waals surface area (Å²) in [5.74, 6) is 0.394. The van der Waals surface area contributed by atoms with Crippen molar-refractivity contribution in [3.8, 4) is 0 Å². The number of thiazole rings is 1. The molecule has 0 spiro atoms. The van der Waals surface area contributed by atoms with Crippen LogP contribution in [0.3, 0.4) is 0 Å². The smallest absolute Gasteiger partial charge is 0.317 e. The number of likely N-dealkylation sites (N-methyl/N-ethyl adjacent to an activating group) is 1. The second kappa shape index (κ2) is 7.22. The molecule has 1 heterocycles. The van der Waals surface area contributed by atoms with Crippen LogP contribution in [0, 0.1) is 12.8 Å². The van der Waals surface area contributed by atoms with Gasteiger partial charge in [-0.3, -0.25) is 0 Å². The van der Waals surface area contributed by atoms with Crippen LogP contribution in [0.4, 0.5) is 4.79 Å². The number of aliphatic hydroxyl groups is 1. The molecule has 1 fully saturated rings. The van der Waals surface area contributed by atoms with Gasteiger partial charge in [-0.2, -0.15) is 0 Å². The molecule has 1 unspecified atom stereocenters. The fraction of sp³-hybridized carbons (Fsp3) is 0.733. The maximum atomic E-state index is 11.9. The van der Waals surface area contributed by atoms with Gasteiger partial charge in [0.25, 0.3) is 0 Å². The normalized spacial score (nSPS) is 15.8. The van der Waals surface area contributed by atoms with E-state index in [1.807, 2.05) is 0 Å². The number of carbonyl (C=O) groups is 1. The Balaban J connectivity index is 1.70. The predicted molar refractivity (Wildman–Crippen MR) is 84.7 cm³/mol. The van der Waals surface area contributed by atoms with Gasteiger partial charge in [0.1, 0.15) is 0 Å². The van der Waals surface area contributed by atoms with Crippen molar-refractivity contribution in [2.45, 2.75) is 45.6 Å². The fourth-order valence-corrected chi connectivity index (χ4v) is 3.35. The minimum Gasteiger partial charge on any atom is -0.391 e. The summed E-state index contributed by atoms with van der Waals surface area (Å²) in [6.07, 6.45) is 3.50. The molecule has 5 nitrogen and oxygen atoms in total. The maximum Gasteiger partial charge on any atom is 0.317 e. The van der Waals surface area contributed by atoms with Gasteiger partial charge >= 0.3 is 6.03 Å². The first-order valence-electron chi connectivity index (χ1n) is 7.63. The van der Waals surface area contributed by atoms with Crippen molar-refractivity contribution in [1.82, 2.24) is 15.2 Å². The molecule has 1 aliphatic rings. The molecular formula is C15H25N3O2S. The number of nitrogens with one attached hydrogen (secondary N) is 1. The highest BCUT2D eigenvalue weighted by Crippen LogP contribution is 2.32. The number of rotatable bonds is 7. The summed E-state index contributed by atoms with van der Waals surface area (Å²) in [6, 6.07) is -0.126. The summed E-state index contributed by atoms with van der Waals surface area (Å²) in [5.41, 5.74) is 1.16. The second-order valence-corrected chi connectivity index (χ2v) is 7.02. The number of amides is 2. The molecule has 1 aromatic rings. The van der Waals surface area contributed by atoms with Crippen LogP contribution >= 0.6 is 11.3 Å². The Bertz CT molecular complexity index is 485.